The molecule has 1 atom stereocenters. The average Bonchev–Trinajstić information content (AvgIpc) is 2.28. The van der Waals surface area contributed by atoms with E-state index in [1.807, 2.05) is 0 Å². The number of piperazine rings is 1. The van der Waals surface area contributed by atoms with E-state index in [1.54, 1.807) is 0 Å². The molecule has 0 bridgehead atoms. The predicted molar refractivity (Wildman–Crippen MR) is 73.6 cm³/mol. The summed E-state index contributed by atoms with van der Waals surface area (Å²) in [6.45, 7) is 7.94. The van der Waals surface area contributed by atoms with Gasteiger partial charge >= 0.3 is 0 Å². The third kappa shape index (κ3) is 3.33. The second-order valence-electron chi connectivity index (χ2n) is 6.05. The maximum absolute atomic E-state index is 11.3. The van der Waals surface area contributed by atoms with E-state index in [-0.39, 0.29) is 17.4 Å². The summed E-state index contributed by atoms with van der Waals surface area (Å²) >= 11 is 0. The topological polar surface area (TPSA) is 41.1 Å². The molecule has 2 N–H and O–H groups in total. The Morgan fingerprint density at radius 1 is 1.22 bits per heavy atom. The molecule has 1 aliphatic heterocycles. The van der Waals surface area contributed by atoms with Crippen molar-refractivity contribution in [2.24, 2.45) is 0 Å². The van der Waals surface area contributed by atoms with E-state index in [4.69, 9.17) is 0 Å². The summed E-state index contributed by atoms with van der Waals surface area (Å²) in [7, 11) is 0. The molecule has 3 heteroatoms. The van der Waals surface area contributed by atoms with Crippen molar-refractivity contribution >= 4 is 5.91 Å². The van der Waals surface area contributed by atoms with E-state index in [0.717, 1.165) is 13.0 Å². The summed E-state index contributed by atoms with van der Waals surface area (Å²) in [5.74, 6) is 0.0950. The lowest BCUT2D eigenvalue weighted by molar-refractivity contribution is -0.122. The summed E-state index contributed by atoms with van der Waals surface area (Å²) in [6, 6.07) is 8.93. The van der Waals surface area contributed by atoms with Crippen molar-refractivity contribution in [1.29, 1.82) is 0 Å². The fourth-order valence-corrected chi connectivity index (χ4v) is 2.24. The lowest BCUT2D eigenvalue weighted by Gasteiger charge is -2.24. The lowest BCUT2D eigenvalue weighted by Crippen LogP contribution is -2.52. The van der Waals surface area contributed by atoms with E-state index in [9.17, 15) is 4.79 Å². The van der Waals surface area contributed by atoms with Crippen LogP contribution < -0.4 is 10.6 Å². The molecule has 1 heterocycles. The molecule has 3 nitrogen and oxygen atoms in total. The van der Waals surface area contributed by atoms with E-state index >= 15 is 0 Å². The molecule has 1 fully saturated rings. The van der Waals surface area contributed by atoms with Crippen LogP contribution in [0.5, 0.6) is 0 Å². The van der Waals surface area contributed by atoms with Crippen molar-refractivity contribution in [1.82, 2.24) is 10.6 Å². The van der Waals surface area contributed by atoms with E-state index in [1.165, 1.54) is 11.1 Å². The maximum Gasteiger partial charge on any atom is 0.234 e. The Balaban J connectivity index is 2.00. The number of carbonyl (C=O) groups excluding carboxylic acids is 1. The van der Waals surface area contributed by atoms with Gasteiger partial charge in [0.2, 0.25) is 5.91 Å². The molecular weight excluding hydrogens is 224 g/mol. The molecular formula is C15H22N2O. The molecule has 1 aliphatic rings. The Kier molecular flexibility index (Phi) is 3.71. The molecule has 1 amide bonds. The van der Waals surface area contributed by atoms with Gasteiger partial charge in [-0.25, -0.2) is 0 Å². The van der Waals surface area contributed by atoms with E-state index < -0.39 is 0 Å². The third-order valence-corrected chi connectivity index (χ3v) is 3.34. The second kappa shape index (κ2) is 5.11. The van der Waals surface area contributed by atoms with Gasteiger partial charge in [-0.05, 0) is 23.0 Å². The lowest BCUT2D eigenvalue weighted by atomic mass is 9.86. The second-order valence-corrected chi connectivity index (χ2v) is 6.05. The third-order valence-electron chi connectivity index (χ3n) is 3.34. The van der Waals surface area contributed by atoms with Gasteiger partial charge in [-0.15, -0.1) is 0 Å². The van der Waals surface area contributed by atoms with Crippen LogP contribution in [0.1, 0.15) is 31.9 Å². The van der Waals surface area contributed by atoms with Crippen LogP contribution in [0.2, 0.25) is 0 Å². The van der Waals surface area contributed by atoms with Crippen LogP contribution in [0, 0.1) is 0 Å². The zero-order chi connectivity index (χ0) is 13.2. The number of hydrogen-bond acceptors (Lipinski definition) is 2. The van der Waals surface area contributed by atoms with E-state index in [0.29, 0.717) is 6.54 Å². The highest BCUT2D eigenvalue weighted by Crippen LogP contribution is 2.22. The Bertz CT molecular complexity index is 417. The minimum Gasteiger partial charge on any atom is -0.351 e. The summed E-state index contributed by atoms with van der Waals surface area (Å²) < 4.78 is 0. The number of carbonyl (C=O) groups is 1. The largest absolute Gasteiger partial charge is 0.351 e. The van der Waals surface area contributed by atoms with Crippen LogP contribution in [0.3, 0.4) is 0 Å². The predicted octanol–water partition coefficient (Wildman–Crippen LogP) is 1.61. The number of benzene rings is 1. The van der Waals surface area contributed by atoms with Gasteiger partial charge in [0.05, 0.1) is 6.54 Å². The molecule has 2 rings (SSSR count). The monoisotopic (exact) mass is 246 g/mol. The van der Waals surface area contributed by atoms with Gasteiger partial charge < -0.3 is 10.6 Å². The standard InChI is InChI=1S/C15H22N2O/c1-15(2,3)12-6-4-11(5-7-12)8-13-9-16-10-14(18)17-13/h4-7,13,16H,8-10H2,1-3H3,(H,17,18). The number of hydrogen-bond donors (Lipinski definition) is 2. The first-order valence-electron chi connectivity index (χ1n) is 6.54. The molecule has 98 valence electrons. The summed E-state index contributed by atoms with van der Waals surface area (Å²) in [4.78, 5) is 11.3. The van der Waals surface area contributed by atoms with Gasteiger partial charge in [-0.3, -0.25) is 4.79 Å². The zero-order valence-corrected chi connectivity index (χ0v) is 11.4. The summed E-state index contributed by atoms with van der Waals surface area (Å²) in [5, 5.41) is 6.14. The normalized spacial score (nSPS) is 20.6. The van der Waals surface area contributed by atoms with Crippen molar-refractivity contribution in [3.05, 3.63) is 35.4 Å². The fourth-order valence-electron chi connectivity index (χ4n) is 2.24. The maximum atomic E-state index is 11.3. The Morgan fingerprint density at radius 3 is 2.44 bits per heavy atom. The van der Waals surface area contributed by atoms with Crippen molar-refractivity contribution in [3.63, 3.8) is 0 Å². The van der Waals surface area contributed by atoms with Gasteiger partial charge in [-0.1, -0.05) is 45.0 Å². The van der Waals surface area contributed by atoms with Gasteiger partial charge in [0.1, 0.15) is 0 Å². The van der Waals surface area contributed by atoms with Crippen molar-refractivity contribution in [2.75, 3.05) is 13.1 Å². The number of amides is 1. The smallest absolute Gasteiger partial charge is 0.234 e. The quantitative estimate of drug-likeness (QED) is 0.832. The molecule has 0 saturated carbocycles. The Morgan fingerprint density at radius 2 is 1.89 bits per heavy atom. The zero-order valence-electron chi connectivity index (χ0n) is 11.4. The van der Waals surface area contributed by atoms with Crippen LogP contribution in [0.25, 0.3) is 0 Å². The minimum atomic E-state index is 0.0950. The van der Waals surface area contributed by atoms with Crippen LogP contribution in [-0.2, 0) is 16.6 Å². The van der Waals surface area contributed by atoms with Crippen molar-refractivity contribution in [2.45, 2.75) is 38.6 Å². The first-order chi connectivity index (χ1) is 8.45. The van der Waals surface area contributed by atoms with Gasteiger partial charge in [-0.2, -0.15) is 0 Å². The first kappa shape index (κ1) is 13.1. The first-order valence-corrected chi connectivity index (χ1v) is 6.54. The van der Waals surface area contributed by atoms with Crippen LogP contribution in [0.4, 0.5) is 0 Å². The summed E-state index contributed by atoms with van der Waals surface area (Å²) in [5.41, 5.74) is 2.81. The Labute approximate surface area is 109 Å². The molecule has 0 aliphatic carbocycles. The molecule has 0 aromatic heterocycles. The van der Waals surface area contributed by atoms with Crippen molar-refractivity contribution < 1.29 is 4.79 Å². The summed E-state index contributed by atoms with van der Waals surface area (Å²) in [6.07, 6.45) is 0.892. The molecule has 18 heavy (non-hydrogen) atoms. The fraction of sp³-hybridized carbons (Fsp3) is 0.533. The molecule has 1 aromatic carbocycles. The van der Waals surface area contributed by atoms with Crippen molar-refractivity contribution in [3.8, 4) is 0 Å². The average molecular weight is 246 g/mol. The molecule has 1 unspecified atom stereocenters. The highest BCUT2D eigenvalue weighted by atomic mass is 16.2. The van der Waals surface area contributed by atoms with Gasteiger partial charge in [0, 0.05) is 12.6 Å². The minimum absolute atomic E-state index is 0.0950. The van der Waals surface area contributed by atoms with Gasteiger partial charge in [0.15, 0.2) is 0 Å². The molecule has 0 radical (unpaired) electrons. The number of nitrogens with one attached hydrogen (secondary N) is 2. The SMILES string of the molecule is CC(C)(C)c1ccc(CC2CNCC(=O)N2)cc1. The van der Waals surface area contributed by atoms with E-state index in [2.05, 4.69) is 55.7 Å². The van der Waals surface area contributed by atoms with Gasteiger partial charge in [0.25, 0.3) is 0 Å². The highest BCUT2D eigenvalue weighted by Gasteiger charge is 2.18. The van der Waals surface area contributed by atoms with Crippen LogP contribution in [0.15, 0.2) is 24.3 Å². The number of rotatable bonds is 2. The molecule has 0 spiro atoms. The Hall–Kier alpha value is -1.35. The highest BCUT2D eigenvalue weighted by molar-refractivity contribution is 5.79. The molecule has 1 saturated heterocycles. The van der Waals surface area contributed by atoms with Crippen LogP contribution >= 0.6 is 0 Å². The molecule has 1 aromatic rings. The van der Waals surface area contributed by atoms with Crippen LogP contribution in [-0.4, -0.2) is 25.0 Å².